The number of quaternary nitrogens is 1. The number of hydrogen-bond donors (Lipinski definition) is 1. The van der Waals surface area contributed by atoms with Gasteiger partial charge in [-0.3, -0.25) is 30.1 Å². The smallest absolute Gasteiger partial charge is 0.336 e. The van der Waals surface area contributed by atoms with E-state index in [9.17, 15) is 25.0 Å². The molecule has 0 fully saturated rings. The molecular weight excluding hydrogens is 628 g/mol. The van der Waals surface area contributed by atoms with Crippen molar-refractivity contribution in [1.82, 2.24) is 0 Å². The van der Waals surface area contributed by atoms with Crippen LogP contribution in [0.2, 0.25) is 0 Å². The Balaban J connectivity index is 0.000000420. The first kappa shape index (κ1) is 32.8. The summed E-state index contributed by atoms with van der Waals surface area (Å²) in [5.41, 5.74) is 3.37. The van der Waals surface area contributed by atoms with Crippen molar-refractivity contribution in [3.8, 4) is 0 Å². The van der Waals surface area contributed by atoms with E-state index in [1.54, 1.807) is 6.08 Å². The third-order valence-electron chi connectivity index (χ3n) is 5.50. The number of halogens is 2. The number of hydrogen-bond acceptors (Lipinski definition) is 8. The second kappa shape index (κ2) is 16.6. The fourth-order valence-corrected chi connectivity index (χ4v) is 3.89. The topological polar surface area (TPSA) is 149 Å². The van der Waals surface area contributed by atoms with Crippen LogP contribution in [0.3, 0.4) is 0 Å². The quantitative estimate of drug-likeness (QED) is 0.0620. The molecule has 0 unspecified atom stereocenters. The molecule has 0 amide bonds. The van der Waals surface area contributed by atoms with Crippen LogP contribution in [0, 0.1) is 20.2 Å². The van der Waals surface area contributed by atoms with Gasteiger partial charge in [-0.15, -0.1) is 5.11 Å². The maximum Gasteiger partial charge on any atom is 0.336 e. The lowest BCUT2D eigenvalue weighted by molar-refractivity contribution is -0.874. The molecular formula is C24H31Br2N6O6+. The highest BCUT2D eigenvalue weighted by Gasteiger charge is 2.17. The minimum absolute atomic E-state index is 0.0579. The van der Waals surface area contributed by atoms with Crippen LogP contribution in [0.5, 0.6) is 0 Å². The van der Waals surface area contributed by atoms with E-state index in [0.29, 0.717) is 26.9 Å². The maximum atomic E-state index is 11.3. The molecule has 0 bridgehead atoms. The fourth-order valence-electron chi connectivity index (χ4n) is 2.99. The van der Waals surface area contributed by atoms with Gasteiger partial charge in [0.15, 0.2) is 0 Å². The summed E-state index contributed by atoms with van der Waals surface area (Å²) in [5, 5.41) is 28.9. The first-order valence-corrected chi connectivity index (χ1v) is 13.4. The van der Waals surface area contributed by atoms with E-state index in [0.717, 1.165) is 30.5 Å². The van der Waals surface area contributed by atoms with E-state index in [4.69, 9.17) is 4.74 Å². The number of nitro benzene ring substituents is 2. The van der Waals surface area contributed by atoms with Crippen LogP contribution in [0.1, 0.15) is 34.1 Å². The molecule has 12 nitrogen and oxygen atoms in total. The average Bonchev–Trinajstić information content (AvgIpc) is 2.90. The molecule has 1 N–H and O–H groups in total. The number of carbonyl (C=O) groups excluding carboxylic acids is 1. The van der Waals surface area contributed by atoms with Gasteiger partial charge in [-0.25, -0.2) is 4.79 Å². The highest BCUT2D eigenvalue weighted by molar-refractivity contribution is 9.11. The van der Waals surface area contributed by atoms with Crippen molar-refractivity contribution in [3.05, 3.63) is 77.8 Å². The Hall–Kier alpha value is -3.23. The van der Waals surface area contributed by atoms with Crippen molar-refractivity contribution in [2.45, 2.75) is 34.1 Å². The van der Waals surface area contributed by atoms with Gasteiger partial charge in [0.1, 0.15) is 11.9 Å². The lowest BCUT2D eigenvalue weighted by Crippen LogP contribution is -2.42. The summed E-state index contributed by atoms with van der Waals surface area (Å²) < 4.78 is 6.69. The molecule has 0 heterocycles. The molecule has 0 saturated carbocycles. The van der Waals surface area contributed by atoms with Gasteiger partial charge >= 0.3 is 5.97 Å². The van der Waals surface area contributed by atoms with Crippen molar-refractivity contribution in [3.63, 3.8) is 0 Å². The number of nitrogens with one attached hydrogen (secondary N) is 1. The van der Waals surface area contributed by atoms with E-state index >= 15 is 0 Å². The predicted molar refractivity (Wildman–Crippen MR) is 152 cm³/mol. The first-order chi connectivity index (χ1) is 18.0. The van der Waals surface area contributed by atoms with Crippen molar-refractivity contribution in [2.75, 3.05) is 31.7 Å². The highest BCUT2D eigenvalue weighted by Crippen LogP contribution is 2.30. The zero-order valence-electron chi connectivity index (χ0n) is 21.6. The molecule has 0 atom stereocenters. The normalized spacial score (nSPS) is 11.2. The molecule has 0 aliphatic carbocycles. The van der Waals surface area contributed by atoms with Crippen LogP contribution >= 0.6 is 31.9 Å². The Morgan fingerprint density at radius 2 is 1.53 bits per heavy atom. The van der Waals surface area contributed by atoms with Gasteiger partial charge in [-0.1, -0.05) is 12.1 Å². The molecule has 2 aromatic carbocycles. The van der Waals surface area contributed by atoms with E-state index in [-0.39, 0.29) is 17.3 Å². The zero-order chi connectivity index (χ0) is 28.7. The van der Waals surface area contributed by atoms with Crippen LogP contribution in [-0.2, 0) is 9.53 Å². The first-order valence-electron chi connectivity index (χ1n) is 11.8. The van der Waals surface area contributed by atoms with Crippen LogP contribution in [0.15, 0.2) is 68.0 Å². The van der Waals surface area contributed by atoms with Crippen molar-refractivity contribution in [1.29, 1.82) is 0 Å². The van der Waals surface area contributed by atoms with Crippen molar-refractivity contribution >= 4 is 60.6 Å². The van der Waals surface area contributed by atoms with Gasteiger partial charge in [0.05, 0.1) is 52.3 Å². The third-order valence-corrected chi connectivity index (χ3v) is 6.79. The number of anilines is 1. The number of ether oxygens (including phenoxy) is 1. The summed E-state index contributed by atoms with van der Waals surface area (Å²) in [6.45, 7) is 11.9. The van der Waals surface area contributed by atoms with Crippen molar-refractivity contribution in [2.24, 2.45) is 10.3 Å². The molecule has 38 heavy (non-hydrogen) atoms. The molecule has 0 aliphatic rings. The van der Waals surface area contributed by atoms with Gasteiger partial charge in [0.25, 0.3) is 11.4 Å². The van der Waals surface area contributed by atoms with Crippen LogP contribution in [-0.4, -0.2) is 46.5 Å². The average molecular weight is 659 g/mol. The summed E-state index contributed by atoms with van der Waals surface area (Å²) in [5.74, 6) is -0.227. The fraction of sp³-hybridized carbons (Fsp3) is 0.375. The van der Waals surface area contributed by atoms with E-state index in [2.05, 4.69) is 68.4 Å². The summed E-state index contributed by atoms with van der Waals surface area (Å²) in [6, 6.07) is 8.20. The monoisotopic (exact) mass is 657 g/mol. The number of benzene rings is 2. The molecule has 0 radical (unpaired) electrons. The van der Waals surface area contributed by atoms with Gasteiger partial charge in [0.2, 0.25) is 0 Å². The summed E-state index contributed by atoms with van der Waals surface area (Å²) in [4.78, 5) is 31.5. The number of nitrogens with zero attached hydrogens (tertiary/aromatic N) is 5. The molecule has 206 valence electrons. The maximum absolute atomic E-state index is 11.3. The third kappa shape index (κ3) is 10.6. The van der Waals surface area contributed by atoms with E-state index < -0.39 is 9.85 Å². The zero-order valence-corrected chi connectivity index (χ0v) is 24.8. The summed E-state index contributed by atoms with van der Waals surface area (Å²) >= 11 is 6.36. The Labute approximate surface area is 237 Å². The van der Waals surface area contributed by atoms with Gasteiger partial charge < -0.3 is 4.74 Å². The highest BCUT2D eigenvalue weighted by atomic mass is 79.9. The van der Waals surface area contributed by atoms with Gasteiger partial charge in [-0.2, -0.15) is 0 Å². The standard InChI is InChI=1S/C12H7Br2N5O4.C12H24NO2/c13-9-5-7(18(20)21)1-3-11(9)15-17-16-12-4-2-8(19(22)23)6-10(12)14;1-5-11-15-12(14)9-10-13(6-2,7-3)8-4/h1-6H,(H,15,16);9-10H,5-8,11H2,1-4H3/q;+1/b;10-9+. The summed E-state index contributed by atoms with van der Waals surface area (Å²) in [7, 11) is 0. The molecule has 0 aliphatic heterocycles. The number of rotatable bonds is 12. The molecule has 0 saturated heterocycles. The number of non-ortho nitro benzene ring substituents is 2. The van der Waals surface area contributed by atoms with Gasteiger partial charge in [-0.05, 0) is 71.2 Å². The SMILES string of the molecule is CCCOC(=O)/C=C/[N+](CC)(CC)CC.O=[N+]([O-])c1ccc(N=NNc2ccc([N+](=O)[O-])cc2Br)c(Br)c1. The van der Waals surface area contributed by atoms with E-state index in [1.807, 2.05) is 13.1 Å². The molecule has 0 aromatic heterocycles. The number of nitro groups is 2. The Morgan fingerprint density at radius 3 is 2.00 bits per heavy atom. The second-order valence-corrected chi connectivity index (χ2v) is 9.49. The lowest BCUT2D eigenvalue weighted by Gasteiger charge is -2.31. The van der Waals surface area contributed by atoms with Gasteiger partial charge in [0, 0.05) is 28.7 Å². The predicted octanol–water partition coefficient (Wildman–Crippen LogP) is 7.47. The minimum Gasteiger partial charge on any atom is -0.462 e. The Kier molecular flexibility index (Phi) is 14.3. The number of esters is 1. The van der Waals surface area contributed by atoms with E-state index in [1.165, 1.54) is 36.4 Å². The van der Waals surface area contributed by atoms with Crippen LogP contribution in [0.25, 0.3) is 0 Å². The number of carbonyl (C=O) groups is 1. The minimum atomic E-state index is -0.516. The molecule has 14 heteroatoms. The molecule has 2 aromatic rings. The Morgan fingerprint density at radius 1 is 0.974 bits per heavy atom. The second-order valence-electron chi connectivity index (χ2n) is 7.78. The molecule has 2 rings (SSSR count). The Bertz CT molecular complexity index is 1160. The largest absolute Gasteiger partial charge is 0.462 e. The van der Waals surface area contributed by atoms with Crippen LogP contribution < -0.4 is 5.43 Å². The summed E-state index contributed by atoms with van der Waals surface area (Å²) in [6.07, 6.45) is 4.39. The molecule has 0 spiro atoms. The van der Waals surface area contributed by atoms with Crippen LogP contribution in [0.4, 0.5) is 22.7 Å². The lowest BCUT2D eigenvalue weighted by atomic mass is 10.3. The van der Waals surface area contributed by atoms with Crippen molar-refractivity contribution < 1.29 is 23.9 Å².